The Morgan fingerprint density at radius 2 is 0.429 bits per heavy atom. The molecule has 4 nitrogen and oxygen atoms in total. The van der Waals surface area contributed by atoms with Crippen LogP contribution in [0.5, 0.6) is 0 Å². The van der Waals surface area contributed by atoms with E-state index in [0.29, 0.717) is 0 Å². The lowest BCUT2D eigenvalue weighted by molar-refractivity contribution is -0.537. The van der Waals surface area contributed by atoms with Crippen LogP contribution in [0, 0.1) is 0 Å². The maximum atomic E-state index is 12.9. The lowest BCUT2D eigenvalue weighted by atomic mass is 10.3. The van der Waals surface area contributed by atoms with Crippen LogP contribution in [0.1, 0.15) is 0 Å². The molecule has 0 aliphatic heterocycles. The summed E-state index contributed by atoms with van der Waals surface area (Å²) >= 11 is 0. The second kappa shape index (κ2) is 7.12. The van der Waals surface area contributed by atoms with Crippen molar-refractivity contribution in [2.45, 2.75) is 36.3 Å². The van der Waals surface area contributed by atoms with Crippen LogP contribution in [-0.2, 0) is 0 Å². The van der Waals surface area contributed by atoms with E-state index in [1.165, 1.54) is 0 Å². The van der Waals surface area contributed by atoms with E-state index in [1.807, 2.05) is 0 Å². The summed E-state index contributed by atoms with van der Waals surface area (Å²) < 4.78 is 223. The molecule has 28 heavy (non-hydrogen) atoms. The lowest BCUT2D eigenvalue weighted by Crippen LogP contribution is -2.71. The maximum absolute atomic E-state index is 12.9. The van der Waals surface area contributed by atoms with Crippen molar-refractivity contribution in [1.29, 1.82) is 0 Å². The van der Waals surface area contributed by atoms with Gasteiger partial charge in [-0.1, -0.05) is 17.9 Å². The highest BCUT2D eigenvalue weighted by Gasteiger charge is 2.83. The van der Waals surface area contributed by atoms with Crippen LogP contribution in [0.15, 0.2) is 0 Å². The zero-order chi connectivity index (χ0) is 23.3. The molecule has 0 radical (unpaired) electrons. The first kappa shape index (κ1) is 26.6. The summed E-state index contributed by atoms with van der Waals surface area (Å²) in [5.74, 6) is 0. The van der Waals surface area contributed by atoms with Gasteiger partial charge in [0.25, 0.3) is 0 Å². The van der Waals surface area contributed by atoms with Gasteiger partial charge in [0.15, 0.2) is 0 Å². The van der Waals surface area contributed by atoms with Gasteiger partial charge < -0.3 is 0 Å². The molecule has 0 saturated heterocycles. The monoisotopic (exact) mass is 470 g/mol. The third kappa shape index (κ3) is 3.60. The van der Waals surface area contributed by atoms with Gasteiger partial charge in [0, 0.05) is 0 Å². The van der Waals surface area contributed by atoms with Crippen LogP contribution in [0.25, 0.3) is 0 Å². The molecule has 0 N–H and O–H groups in total. The van der Waals surface area contributed by atoms with Crippen molar-refractivity contribution in [3.8, 4) is 0 Å². The number of hydrogen-bond donors (Lipinski definition) is 0. The molecule has 170 valence electrons. The average Bonchev–Trinajstić information content (AvgIpc) is 2.51. The Bertz CT molecular complexity index is 496. The molecule has 0 saturated carbocycles. The van der Waals surface area contributed by atoms with E-state index in [2.05, 4.69) is 0 Å². The fourth-order valence-electron chi connectivity index (χ4n) is 1.03. The molecule has 0 aromatic rings. The van der Waals surface area contributed by atoms with Crippen LogP contribution < -0.4 is 0 Å². The summed E-state index contributed by atoms with van der Waals surface area (Å²) in [7, 11) is 0. The van der Waals surface area contributed by atoms with Crippen LogP contribution in [0.2, 0.25) is 0 Å². The van der Waals surface area contributed by atoms with Gasteiger partial charge in [-0.25, -0.2) is 0 Å². The minimum absolute atomic E-state index is 4.02. The lowest BCUT2D eigenvalue weighted by Gasteiger charge is -2.40. The summed E-state index contributed by atoms with van der Waals surface area (Å²) in [5, 5.41) is -17.2. The number of rotatable bonds is 9. The van der Waals surface area contributed by atoms with Gasteiger partial charge in [-0.05, 0) is 10.2 Å². The molecule has 0 spiro atoms. The van der Waals surface area contributed by atoms with Crippen molar-refractivity contribution < 1.29 is 79.6 Å². The molecule has 0 aromatic heterocycles. The normalized spacial score (nSPS) is 16.1. The highest BCUT2D eigenvalue weighted by Crippen LogP contribution is 2.53. The molecule has 0 unspecified atom stereocenters. The molecule has 0 fully saturated rings. The quantitative estimate of drug-likeness (QED) is 0.266. The van der Waals surface area contributed by atoms with Crippen molar-refractivity contribution >= 4 is 0 Å². The molecular weight excluding hydrogens is 470 g/mol. The molecule has 0 aliphatic rings. The molecule has 0 aliphatic carbocycles. The fraction of sp³-hybridized carbons (Fsp3) is 1.00. The average molecular weight is 470 g/mol. The summed E-state index contributed by atoms with van der Waals surface area (Å²) in [4.78, 5) is 0. The first-order chi connectivity index (χ1) is 11.9. The van der Waals surface area contributed by atoms with Crippen LogP contribution in [-0.4, -0.2) is 57.2 Å². The predicted octanol–water partition coefficient (Wildman–Crippen LogP) is 5.06. The van der Waals surface area contributed by atoms with Crippen LogP contribution >= 0.6 is 0 Å². The van der Waals surface area contributed by atoms with Gasteiger partial charge in [-0.3, -0.25) is 0 Å². The van der Waals surface area contributed by atoms with Gasteiger partial charge in [0.05, 0.1) is 10.7 Å². The van der Waals surface area contributed by atoms with Crippen molar-refractivity contribution in [3.63, 3.8) is 0 Å². The summed E-state index contributed by atoms with van der Waals surface area (Å²) in [6, 6.07) is -46.5. The second-order valence-electron chi connectivity index (χ2n) is 4.27. The highest BCUT2D eigenvalue weighted by atomic mass is 19.4. The van der Waals surface area contributed by atoms with E-state index in [0.717, 1.165) is 0 Å². The smallest absolute Gasteiger partial charge is 0.177 e. The number of alkyl halides is 12. The standard InChI is InChI=1S/C6F18N4/c7-1(8,25(19)3(11,12)5(15,16)27(21)22)2(9,10)26(20)4(13,14)6(17,18)28(23)24. The van der Waals surface area contributed by atoms with Gasteiger partial charge in [-0.2, -0.15) is 52.7 Å². The van der Waals surface area contributed by atoms with Gasteiger partial charge in [0.1, 0.15) is 0 Å². The summed E-state index contributed by atoms with van der Waals surface area (Å²) in [6.07, 6.45) is 0. The highest BCUT2D eigenvalue weighted by molar-refractivity contribution is 4.91. The number of hydrogen-bond acceptors (Lipinski definition) is 4. The van der Waals surface area contributed by atoms with Crippen molar-refractivity contribution in [2.24, 2.45) is 0 Å². The van der Waals surface area contributed by atoms with Gasteiger partial charge >= 0.3 is 36.3 Å². The predicted molar refractivity (Wildman–Crippen MR) is 43.7 cm³/mol. The van der Waals surface area contributed by atoms with Crippen molar-refractivity contribution in [1.82, 2.24) is 20.9 Å². The Morgan fingerprint density at radius 3 is 0.571 bits per heavy atom. The third-order valence-electron chi connectivity index (χ3n) is 2.50. The zero-order valence-corrected chi connectivity index (χ0v) is 11.6. The molecule has 22 heteroatoms. The van der Waals surface area contributed by atoms with E-state index < -0.39 is 57.2 Å². The van der Waals surface area contributed by atoms with E-state index in [9.17, 15) is 79.6 Å². The molecule has 0 bridgehead atoms. The number of nitrogens with zero attached hydrogens (tertiary/aromatic N) is 4. The Kier molecular flexibility index (Phi) is 6.76. The fourth-order valence-corrected chi connectivity index (χ4v) is 1.03. The van der Waals surface area contributed by atoms with E-state index in [-0.39, 0.29) is 0 Å². The summed E-state index contributed by atoms with van der Waals surface area (Å²) in [5.41, 5.74) is 0. The van der Waals surface area contributed by atoms with Crippen molar-refractivity contribution in [3.05, 3.63) is 0 Å². The Balaban J connectivity index is 6.26. The molecule has 0 atom stereocenters. The molecule has 0 amide bonds. The SMILES string of the molecule is FN(F)C(F)(F)C(F)(F)N(F)C(F)(F)C(F)(F)N(F)C(F)(F)C(F)(F)N(F)F. The zero-order valence-electron chi connectivity index (χ0n) is 11.6. The second-order valence-corrected chi connectivity index (χ2v) is 4.27. The number of halogens is 18. The molecule has 0 rings (SSSR count). The van der Waals surface area contributed by atoms with E-state index in [4.69, 9.17) is 0 Å². The minimum atomic E-state index is -8.07. The Morgan fingerprint density at radius 1 is 0.286 bits per heavy atom. The summed E-state index contributed by atoms with van der Waals surface area (Å²) in [6.45, 7) is 0. The van der Waals surface area contributed by atoms with Crippen molar-refractivity contribution in [2.75, 3.05) is 0 Å². The first-order valence-corrected chi connectivity index (χ1v) is 5.37. The minimum Gasteiger partial charge on any atom is -0.177 e. The Hall–Kier alpha value is -1.42. The molecule has 0 heterocycles. The van der Waals surface area contributed by atoms with E-state index in [1.54, 1.807) is 0 Å². The van der Waals surface area contributed by atoms with Gasteiger partial charge in [-0.15, -0.1) is 8.96 Å². The molecule has 0 aromatic carbocycles. The van der Waals surface area contributed by atoms with E-state index >= 15 is 0 Å². The first-order valence-electron chi connectivity index (χ1n) is 5.37. The molecular formula is C6F18N4. The third-order valence-corrected chi connectivity index (χ3v) is 2.50. The topological polar surface area (TPSA) is 13.0 Å². The maximum Gasteiger partial charge on any atom is 0.436 e. The van der Waals surface area contributed by atoms with Gasteiger partial charge in [0.2, 0.25) is 0 Å². The van der Waals surface area contributed by atoms with Crippen LogP contribution in [0.4, 0.5) is 79.6 Å². The Labute approximate surface area is 138 Å². The van der Waals surface area contributed by atoms with Crippen LogP contribution in [0.3, 0.4) is 0 Å². The largest absolute Gasteiger partial charge is 0.436 e.